The van der Waals surface area contributed by atoms with Crippen molar-refractivity contribution in [3.8, 4) is 0 Å². The van der Waals surface area contributed by atoms with E-state index in [1.54, 1.807) is 0 Å². The fourth-order valence-electron chi connectivity index (χ4n) is 4.62. The van der Waals surface area contributed by atoms with Gasteiger partial charge in [0, 0.05) is 12.5 Å². The van der Waals surface area contributed by atoms with Crippen LogP contribution in [0.3, 0.4) is 0 Å². The Balaban J connectivity index is 1.88. The maximum atomic E-state index is 13.7. The van der Waals surface area contributed by atoms with Crippen molar-refractivity contribution in [2.24, 2.45) is 0 Å². The van der Waals surface area contributed by atoms with Gasteiger partial charge in [-0.25, -0.2) is 4.79 Å². The van der Waals surface area contributed by atoms with Gasteiger partial charge < -0.3 is 5.32 Å². The topological polar surface area (TPSA) is 39.0 Å². The number of benzene rings is 1. The van der Waals surface area contributed by atoms with Crippen molar-refractivity contribution < 1.29 is 0 Å². The smallest absolute Gasteiger partial charge is 0.320 e. The summed E-state index contributed by atoms with van der Waals surface area (Å²) in [6.07, 6.45) is 14.9. The molecule has 0 spiro atoms. The van der Waals surface area contributed by atoms with Gasteiger partial charge in [-0.3, -0.25) is 9.13 Å². The Kier molecular flexibility index (Phi) is 5.44. The maximum Gasteiger partial charge on any atom is 0.329 e. The third-order valence-electron chi connectivity index (χ3n) is 5.92. The van der Waals surface area contributed by atoms with Crippen LogP contribution in [0.1, 0.15) is 61.1 Å². The van der Waals surface area contributed by atoms with Gasteiger partial charge in [0.05, 0.1) is 17.4 Å². The summed E-state index contributed by atoms with van der Waals surface area (Å²) in [4.78, 5) is 13.7. The van der Waals surface area contributed by atoms with E-state index in [2.05, 4.69) is 63.0 Å². The standard InChI is InChI=1S/C23H29N3O/c1-24-17-16-20(18-10-4-2-5-11-18)26-22-15-7-3-6-14-21(22)25(23(26)27)19-12-8-9-13-19/h2-7,10-11,15,19-20,24H,8-9,12-14,16-17H2,1H3/t20-/m1/s1. The summed E-state index contributed by atoms with van der Waals surface area (Å²) in [6.45, 7) is 0.872. The van der Waals surface area contributed by atoms with Crippen LogP contribution in [0.4, 0.5) is 0 Å². The molecule has 1 N–H and O–H groups in total. The quantitative estimate of drug-likeness (QED) is 0.840. The number of allylic oxidation sites excluding steroid dienone is 3. The van der Waals surface area contributed by atoms with E-state index in [0.29, 0.717) is 6.04 Å². The highest BCUT2D eigenvalue weighted by Gasteiger charge is 2.29. The van der Waals surface area contributed by atoms with Crippen molar-refractivity contribution in [2.75, 3.05) is 13.6 Å². The first-order valence-corrected chi connectivity index (χ1v) is 10.2. The Bertz CT molecular complexity index is 882. The summed E-state index contributed by atoms with van der Waals surface area (Å²) < 4.78 is 4.18. The van der Waals surface area contributed by atoms with Crippen molar-refractivity contribution in [3.05, 3.63) is 76.0 Å². The fourth-order valence-corrected chi connectivity index (χ4v) is 4.62. The molecular weight excluding hydrogens is 334 g/mol. The normalized spacial score (nSPS) is 17.8. The maximum absolute atomic E-state index is 13.7. The number of hydrogen-bond donors (Lipinski definition) is 1. The van der Waals surface area contributed by atoms with E-state index in [1.165, 1.54) is 24.1 Å². The molecule has 2 aliphatic carbocycles. The molecule has 1 aromatic heterocycles. The summed E-state index contributed by atoms with van der Waals surface area (Å²) in [6, 6.07) is 10.9. The minimum atomic E-state index is 0.0466. The van der Waals surface area contributed by atoms with Crippen LogP contribution in [0.5, 0.6) is 0 Å². The van der Waals surface area contributed by atoms with Crippen molar-refractivity contribution in [3.63, 3.8) is 0 Å². The van der Waals surface area contributed by atoms with Gasteiger partial charge in [-0.05, 0) is 44.5 Å². The highest BCUT2D eigenvalue weighted by Crippen LogP contribution is 2.33. The number of rotatable bonds is 6. The van der Waals surface area contributed by atoms with E-state index in [4.69, 9.17) is 0 Å². The van der Waals surface area contributed by atoms with E-state index in [1.807, 2.05) is 13.1 Å². The lowest BCUT2D eigenvalue weighted by Gasteiger charge is -2.20. The lowest BCUT2D eigenvalue weighted by molar-refractivity contribution is 0.456. The zero-order valence-corrected chi connectivity index (χ0v) is 16.1. The Morgan fingerprint density at radius 1 is 1.15 bits per heavy atom. The minimum absolute atomic E-state index is 0.0466. The lowest BCUT2D eigenvalue weighted by Crippen LogP contribution is -2.32. The molecule has 1 aromatic carbocycles. The molecule has 1 heterocycles. The largest absolute Gasteiger partial charge is 0.329 e. The second-order valence-corrected chi connectivity index (χ2v) is 7.60. The molecule has 1 saturated carbocycles. The van der Waals surface area contributed by atoms with Gasteiger partial charge in [0.2, 0.25) is 0 Å². The van der Waals surface area contributed by atoms with Crippen molar-refractivity contribution >= 4 is 6.08 Å². The molecule has 0 bridgehead atoms. The predicted octanol–water partition coefficient (Wildman–Crippen LogP) is 4.09. The van der Waals surface area contributed by atoms with E-state index in [0.717, 1.165) is 37.9 Å². The van der Waals surface area contributed by atoms with Gasteiger partial charge in [-0.2, -0.15) is 0 Å². The number of aromatic nitrogens is 2. The van der Waals surface area contributed by atoms with Gasteiger partial charge in [0.15, 0.2) is 0 Å². The molecule has 0 radical (unpaired) electrons. The minimum Gasteiger partial charge on any atom is -0.320 e. The monoisotopic (exact) mass is 363 g/mol. The molecule has 1 atom stereocenters. The molecule has 0 aliphatic heterocycles. The highest BCUT2D eigenvalue weighted by atomic mass is 16.2. The molecule has 4 nitrogen and oxygen atoms in total. The van der Waals surface area contributed by atoms with Crippen LogP contribution in [0.2, 0.25) is 0 Å². The summed E-state index contributed by atoms with van der Waals surface area (Å²) in [5.74, 6) is 0. The molecule has 142 valence electrons. The second-order valence-electron chi connectivity index (χ2n) is 7.60. The third kappa shape index (κ3) is 3.46. The van der Waals surface area contributed by atoms with Crippen LogP contribution in [0, 0.1) is 0 Å². The van der Waals surface area contributed by atoms with Gasteiger partial charge in [0.1, 0.15) is 0 Å². The Hall–Kier alpha value is -2.33. The molecule has 2 aliphatic rings. The molecule has 2 aromatic rings. The number of imidazole rings is 1. The zero-order chi connectivity index (χ0) is 18.6. The molecule has 1 fully saturated rings. The summed E-state index contributed by atoms with van der Waals surface area (Å²) in [5, 5.41) is 3.26. The van der Waals surface area contributed by atoms with E-state index >= 15 is 0 Å². The van der Waals surface area contributed by atoms with E-state index in [-0.39, 0.29) is 11.7 Å². The first kappa shape index (κ1) is 18.1. The molecule has 0 unspecified atom stereocenters. The van der Waals surface area contributed by atoms with Crippen molar-refractivity contribution in [1.82, 2.24) is 14.5 Å². The fraction of sp³-hybridized carbons (Fsp3) is 0.435. The van der Waals surface area contributed by atoms with E-state index in [9.17, 15) is 4.79 Å². The molecule has 27 heavy (non-hydrogen) atoms. The summed E-state index contributed by atoms with van der Waals surface area (Å²) in [7, 11) is 1.97. The van der Waals surface area contributed by atoms with Crippen LogP contribution in [0.15, 0.2) is 53.4 Å². The lowest BCUT2D eigenvalue weighted by atomic mass is 10.0. The average molecular weight is 364 g/mol. The van der Waals surface area contributed by atoms with Crippen molar-refractivity contribution in [2.45, 2.75) is 50.6 Å². The molecule has 4 heteroatoms. The van der Waals surface area contributed by atoms with Crippen LogP contribution in [-0.4, -0.2) is 22.7 Å². The van der Waals surface area contributed by atoms with Gasteiger partial charge in [0.25, 0.3) is 0 Å². The van der Waals surface area contributed by atoms with Crippen LogP contribution in [0.25, 0.3) is 6.08 Å². The van der Waals surface area contributed by atoms with Gasteiger partial charge >= 0.3 is 5.69 Å². The number of nitrogens with one attached hydrogen (secondary N) is 1. The molecule has 0 saturated heterocycles. The Labute approximate surface area is 161 Å². The van der Waals surface area contributed by atoms with Crippen LogP contribution in [-0.2, 0) is 6.42 Å². The SMILES string of the molecule is CNCC[C@H](c1ccccc1)n1c2c(n(C3CCCC3)c1=O)CC=CC=C2. The average Bonchev–Trinajstić information content (AvgIpc) is 3.23. The first-order valence-electron chi connectivity index (χ1n) is 10.2. The highest BCUT2D eigenvalue weighted by molar-refractivity contribution is 5.53. The molecule has 0 amide bonds. The summed E-state index contributed by atoms with van der Waals surface area (Å²) >= 11 is 0. The number of fused-ring (bicyclic) bond motifs is 1. The second kappa shape index (κ2) is 8.13. The third-order valence-corrected chi connectivity index (χ3v) is 5.92. The Morgan fingerprint density at radius 3 is 2.67 bits per heavy atom. The van der Waals surface area contributed by atoms with Crippen molar-refractivity contribution in [1.29, 1.82) is 0 Å². The number of nitrogens with zero attached hydrogens (tertiary/aromatic N) is 2. The van der Waals surface area contributed by atoms with Gasteiger partial charge in [-0.1, -0.05) is 61.4 Å². The van der Waals surface area contributed by atoms with Crippen LogP contribution < -0.4 is 11.0 Å². The zero-order valence-electron chi connectivity index (χ0n) is 16.1. The predicted molar refractivity (Wildman–Crippen MR) is 111 cm³/mol. The van der Waals surface area contributed by atoms with Crippen LogP contribution >= 0.6 is 0 Å². The van der Waals surface area contributed by atoms with Gasteiger partial charge in [-0.15, -0.1) is 0 Å². The first-order chi connectivity index (χ1) is 13.3. The number of hydrogen-bond acceptors (Lipinski definition) is 2. The summed E-state index contributed by atoms with van der Waals surface area (Å²) in [5.41, 5.74) is 3.63. The molecular formula is C23H29N3O. The molecule has 4 rings (SSSR count). The Morgan fingerprint density at radius 2 is 1.93 bits per heavy atom. The van der Waals surface area contributed by atoms with E-state index < -0.39 is 0 Å².